The minimum Gasteiger partial charge on any atom is -0.465 e. The maximum absolute atomic E-state index is 14.2. The molecule has 0 aromatic heterocycles. The van der Waals surface area contributed by atoms with Gasteiger partial charge in [0.25, 0.3) is 0 Å². The van der Waals surface area contributed by atoms with Gasteiger partial charge in [0.15, 0.2) is 5.78 Å². The molecule has 0 saturated heterocycles. The Hall–Kier alpha value is -4.50. The SMILES string of the molecule is CC(=O)Nc1ccc(OP(=O)(Oc2ccc(NC(C)=O)cc2)C(Cc2ccc(N)cc2)NC(=O)O)cc1. The summed E-state index contributed by atoms with van der Waals surface area (Å²) in [6.07, 6.45) is -1.45. The number of carbonyl (C=O) groups is 3. The average Bonchev–Trinajstić information content (AvgIpc) is 2.82. The molecule has 0 aliphatic rings. The molecule has 37 heavy (non-hydrogen) atoms. The highest BCUT2D eigenvalue weighted by Gasteiger charge is 2.41. The first-order valence-corrected chi connectivity index (χ1v) is 12.7. The molecule has 0 aliphatic carbocycles. The zero-order valence-corrected chi connectivity index (χ0v) is 21.0. The number of nitrogen functional groups attached to an aromatic ring is 1. The molecule has 1 atom stereocenters. The highest BCUT2D eigenvalue weighted by atomic mass is 31.2. The van der Waals surface area contributed by atoms with Crippen LogP contribution in [0.5, 0.6) is 11.5 Å². The van der Waals surface area contributed by atoms with Crippen molar-refractivity contribution < 1.29 is 33.1 Å². The Bertz CT molecular complexity index is 1230. The van der Waals surface area contributed by atoms with Crippen LogP contribution < -0.4 is 30.7 Å². The molecule has 194 valence electrons. The molecular formula is C25H27N4O7P. The van der Waals surface area contributed by atoms with Gasteiger partial charge < -0.3 is 35.8 Å². The van der Waals surface area contributed by atoms with Crippen molar-refractivity contribution in [3.63, 3.8) is 0 Å². The first-order valence-electron chi connectivity index (χ1n) is 11.1. The maximum atomic E-state index is 14.2. The molecule has 0 radical (unpaired) electrons. The van der Waals surface area contributed by atoms with Crippen molar-refractivity contribution in [1.29, 1.82) is 0 Å². The number of carbonyl (C=O) groups excluding carboxylic acids is 2. The number of amides is 3. The maximum Gasteiger partial charge on any atom is 0.453 e. The van der Waals surface area contributed by atoms with Gasteiger partial charge in [-0.05, 0) is 66.2 Å². The van der Waals surface area contributed by atoms with Crippen LogP contribution in [0.15, 0.2) is 72.8 Å². The Morgan fingerprint density at radius 2 is 1.24 bits per heavy atom. The van der Waals surface area contributed by atoms with Gasteiger partial charge in [0.2, 0.25) is 11.8 Å². The number of hydrogen-bond donors (Lipinski definition) is 5. The van der Waals surface area contributed by atoms with Crippen molar-refractivity contribution in [3.8, 4) is 11.5 Å². The second-order valence-corrected chi connectivity index (χ2v) is 10.1. The van der Waals surface area contributed by atoms with Crippen LogP contribution in [-0.4, -0.2) is 28.8 Å². The fraction of sp³-hybridized carbons (Fsp3) is 0.160. The molecule has 3 amide bonds. The average molecular weight is 526 g/mol. The van der Waals surface area contributed by atoms with E-state index in [0.29, 0.717) is 22.6 Å². The Kier molecular flexibility index (Phi) is 8.76. The van der Waals surface area contributed by atoms with Gasteiger partial charge in [-0.3, -0.25) is 9.59 Å². The fourth-order valence-corrected chi connectivity index (χ4v) is 5.13. The molecule has 12 heteroatoms. The Morgan fingerprint density at radius 3 is 1.62 bits per heavy atom. The third-order valence-corrected chi connectivity index (χ3v) is 6.90. The molecule has 0 heterocycles. The molecule has 0 spiro atoms. The molecule has 6 N–H and O–H groups in total. The van der Waals surface area contributed by atoms with E-state index in [1.165, 1.54) is 38.1 Å². The first kappa shape index (κ1) is 27.1. The van der Waals surface area contributed by atoms with Gasteiger partial charge >= 0.3 is 13.7 Å². The summed E-state index contributed by atoms with van der Waals surface area (Å²) in [7, 11) is -4.29. The number of anilines is 3. The summed E-state index contributed by atoms with van der Waals surface area (Å²) < 4.78 is 25.9. The Balaban J connectivity index is 1.96. The van der Waals surface area contributed by atoms with Crippen LogP contribution in [0.2, 0.25) is 0 Å². The largest absolute Gasteiger partial charge is 0.465 e. The van der Waals surface area contributed by atoms with Crippen LogP contribution >= 0.6 is 7.60 Å². The van der Waals surface area contributed by atoms with Crippen LogP contribution in [0, 0.1) is 0 Å². The van der Waals surface area contributed by atoms with E-state index in [1.807, 2.05) is 0 Å². The van der Waals surface area contributed by atoms with Crippen LogP contribution in [0.4, 0.5) is 21.9 Å². The number of benzene rings is 3. The minimum atomic E-state index is -4.29. The zero-order chi connectivity index (χ0) is 27.0. The summed E-state index contributed by atoms with van der Waals surface area (Å²) >= 11 is 0. The van der Waals surface area contributed by atoms with Crippen molar-refractivity contribution in [2.24, 2.45) is 0 Å². The highest BCUT2D eigenvalue weighted by Crippen LogP contribution is 2.53. The number of hydrogen-bond acceptors (Lipinski definition) is 7. The fourth-order valence-electron chi connectivity index (χ4n) is 3.31. The van der Waals surface area contributed by atoms with Crippen LogP contribution in [0.1, 0.15) is 19.4 Å². The van der Waals surface area contributed by atoms with Gasteiger partial charge in [-0.1, -0.05) is 12.1 Å². The monoisotopic (exact) mass is 526 g/mol. The van der Waals surface area contributed by atoms with E-state index in [1.54, 1.807) is 48.5 Å². The molecule has 0 aliphatic heterocycles. The summed E-state index contributed by atoms with van der Waals surface area (Å²) in [4.78, 5) is 34.3. The van der Waals surface area contributed by atoms with E-state index < -0.39 is 19.5 Å². The van der Waals surface area contributed by atoms with E-state index in [9.17, 15) is 24.1 Å². The summed E-state index contributed by atoms with van der Waals surface area (Å²) in [6.45, 7) is 2.73. The molecule has 3 aromatic rings. The molecule has 3 aromatic carbocycles. The number of nitrogens with two attached hydrogens (primary N) is 1. The van der Waals surface area contributed by atoms with Crippen molar-refractivity contribution >= 4 is 42.6 Å². The number of carboxylic acid groups (broad SMARTS) is 1. The molecule has 0 fully saturated rings. The van der Waals surface area contributed by atoms with Crippen molar-refractivity contribution in [2.45, 2.75) is 26.1 Å². The predicted octanol–water partition coefficient (Wildman–Crippen LogP) is 4.67. The number of rotatable bonds is 10. The lowest BCUT2D eigenvalue weighted by molar-refractivity contribution is -0.115. The Labute approximate surface area is 213 Å². The summed E-state index contributed by atoms with van der Waals surface area (Å²) in [6, 6.07) is 18.7. The second-order valence-electron chi connectivity index (χ2n) is 8.04. The molecule has 3 rings (SSSR count). The first-order chi connectivity index (χ1) is 17.5. The van der Waals surface area contributed by atoms with Gasteiger partial charge in [-0.25, -0.2) is 9.36 Å². The van der Waals surface area contributed by atoms with Crippen molar-refractivity contribution in [2.75, 3.05) is 16.4 Å². The lowest BCUT2D eigenvalue weighted by atomic mass is 10.1. The molecule has 0 bridgehead atoms. The molecule has 1 unspecified atom stereocenters. The molecule has 11 nitrogen and oxygen atoms in total. The Morgan fingerprint density at radius 1 is 0.811 bits per heavy atom. The van der Waals surface area contributed by atoms with Gasteiger partial charge in [-0.2, -0.15) is 0 Å². The topological polar surface area (TPSA) is 169 Å². The lowest BCUT2D eigenvalue weighted by Gasteiger charge is -2.27. The third-order valence-electron chi connectivity index (χ3n) is 4.90. The van der Waals surface area contributed by atoms with Gasteiger partial charge in [-0.15, -0.1) is 0 Å². The van der Waals surface area contributed by atoms with Crippen molar-refractivity contribution in [1.82, 2.24) is 5.32 Å². The third kappa shape index (κ3) is 8.29. The second kappa shape index (κ2) is 12.0. The summed E-state index contributed by atoms with van der Waals surface area (Å²) in [5.74, 6) is -1.58. The summed E-state index contributed by atoms with van der Waals surface area (Å²) in [5.41, 5.74) is 7.89. The van der Waals surface area contributed by atoms with Crippen LogP contribution in [0.25, 0.3) is 0 Å². The zero-order valence-electron chi connectivity index (χ0n) is 20.1. The molecule has 0 saturated carbocycles. The van der Waals surface area contributed by atoms with Gasteiger partial charge in [0.1, 0.15) is 11.5 Å². The quantitative estimate of drug-likeness (QED) is 0.187. The summed E-state index contributed by atoms with van der Waals surface area (Å²) in [5, 5.41) is 17.0. The van der Waals surface area contributed by atoms with Crippen LogP contribution in [-0.2, 0) is 20.6 Å². The van der Waals surface area contributed by atoms with E-state index in [0.717, 1.165) is 0 Å². The lowest BCUT2D eigenvalue weighted by Crippen LogP contribution is -2.37. The van der Waals surface area contributed by atoms with E-state index >= 15 is 0 Å². The number of nitrogens with one attached hydrogen (secondary N) is 3. The normalized spacial score (nSPS) is 11.6. The smallest absolute Gasteiger partial charge is 0.453 e. The van der Waals surface area contributed by atoms with E-state index in [2.05, 4.69) is 16.0 Å². The van der Waals surface area contributed by atoms with Crippen LogP contribution in [0.3, 0.4) is 0 Å². The van der Waals surface area contributed by atoms with E-state index in [4.69, 9.17) is 14.8 Å². The molecular weight excluding hydrogens is 499 g/mol. The van der Waals surface area contributed by atoms with Gasteiger partial charge in [0.05, 0.1) is 0 Å². The minimum absolute atomic E-state index is 0.0300. The standard InChI is InChI=1S/C25H27N4O7P/c1-16(30)27-20-7-11-22(12-8-20)35-37(34,36-23-13-9-21(10-14-23)28-17(2)31)24(29-25(32)33)15-18-3-5-19(26)6-4-18/h3-14,24,29H,15,26H2,1-2H3,(H,27,30)(H,28,31)(H,32,33). The van der Waals surface area contributed by atoms with Crippen molar-refractivity contribution in [3.05, 3.63) is 78.4 Å². The van der Waals surface area contributed by atoms with Gasteiger partial charge in [0, 0.05) is 37.3 Å². The van der Waals surface area contributed by atoms with E-state index in [-0.39, 0.29) is 29.7 Å². The highest BCUT2D eigenvalue weighted by molar-refractivity contribution is 7.55. The predicted molar refractivity (Wildman–Crippen MR) is 140 cm³/mol.